The fraction of sp³-hybridized carbons (Fsp3) is 0.211. The summed E-state index contributed by atoms with van der Waals surface area (Å²) in [7, 11) is 0. The highest BCUT2D eigenvalue weighted by atomic mass is 19.1. The van der Waals surface area contributed by atoms with Gasteiger partial charge in [-0.3, -0.25) is 4.98 Å². The molecule has 122 valence electrons. The summed E-state index contributed by atoms with van der Waals surface area (Å²) in [6, 6.07) is 12.2. The van der Waals surface area contributed by atoms with E-state index in [1.807, 2.05) is 18.2 Å². The maximum Gasteiger partial charge on any atom is 0.163 e. The lowest BCUT2D eigenvalue weighted by Gasteiger charge is -2.21. The number of rotatable bonds is 5. The molecule has 24 heavy (non-hydrogen) atoms. The van der Waals surface area contributed by atoms with Gasteiger partial charge >= 0.3 is 0 Å². The molecule has 2 heterocycles. The minimum Gasteiger partial charge on any atom is -0.357 e. The van der Waals surface area contributed by atoms with Gasteiger partial charge in [0.1, 0.15) is 11.6 Å². The average molecular weight is 322 g/mol. The van der Waals surface area contributed by atoms with Crippen LogP contribution in [0.2, 0.25) is 0 Å². The highest BCUT2D eigenvalue weighted by molar-refractivity contribution is 5.68. The van der Waals surface area contributed by atoms with Crippen LogP contribution in [-0.4, -0.2) is 28.0 Å². The summed E-state index contributed by atoms with van der Waals surface area (Å²) >= 11 is 0. The van der Waals surface area contributed by atoms with E-state index in [9.17, 15) is 4.39 Å². The van der Waals surface area contributed by atoms with E-state index < -0.39 is 0 Å². The number of hydrogen-bond donors (Lipinski definition) is 0. The van der Waals surface area contributed by atoms with E-state index in [1.54, 1.807) is 30.6 Å². The average Bonchev–Trinajstić information content (AvgIpc) is 2.64. The smallest absolute Gasteiger partial charge is 0.163 e. The molecule has 3 aromatic rings. The Morgan fingerprint density at radius 3 is 2.46 bits per heavy atom. The molecular weight excluding hydrogens is 303 g/mol. The molecule has 0 aliphatic carbocycles. The molecule has 0 spiro atoms. The number of nitrogens with zero attached hydrogens (tertiary/aromatic N) is 4. The highest BCUT2D eigenvalue weighted by Crippen LogP contribution is 2.27. The van der Waals surface area contributed by atoms with E-state index in [0.717, 1.165) is 24.5 Å². The molecule has 0 atom stereocenters. The van der Waals surface area contributed by atoms with Gasteiger partial charge < -0.3 is 4.90 Å². The van der Waals surface area contributed by atoms with Gasteiger partial charge in [-0.2, -0.15) is 0 Å². The first-order valence-electron chi connectivity index (χ1n) is 8.02. The van der Waals surface area contributed by atoms with E-state index in [0.29, 0.717) is 17.1 Å². The van der Waals surface area contributed by atoms with Crippen LogP contribution in [0.3, 0.4) is 0 Å². The molecule has 0 amide bonds. The van der Waals surface area contributed by atoms with Crippen molar-refractivity contribution < 1.29 is 4.39 Å². The minimum absolute atomic E-state index is 0.293. The van der Waals surface area contributed by atoms with Crippen LogP contribution in [0.4, 0.5) is 10.2 Å². The van der Waals surface area contributed by atoms with Crippen molar-refractivity contribution in [1.82, 2.24) is 15.0 Å². The molecule has 2 aromatic heterocycles. The van der Waals surface area contributed by atoms with E-state index in [1.165, 1.54) is 6.07 Å². The fourth-order valence-electron chi connectivity index (χ4n) is 2.58. The predicted molar refractivity (Wildman–Crippen MR) is 94.2 cm³/mol. The van der Waals surface area contributed by atoms with Crippen LogP contribution in [0.1, 0.15) is 13.8 Å². The van der Waals surface area contributed by atoms with Crippen LogP contribution >= 0.6 is 0 Å². The third-order valence-corrected chi connectivity index (χ3v) is 3.87. The first kappa shape index (κ1) is 16.1. The van der Waals surface area contributed by atoms with Crippen LogP contribution < -0.4 is 4.90 Å². The van der Waals surface area contributed by atoms with E-state index in [-0.39, 0.29) is 5.82 Å². The summed E-state index contributed by atoms with van der Waals surface area (Å²) in [6.45, 7) is 5.77. The second-order valence-electron chi connectivity index (χ2n) is 5.33. The predicted octanol–water partition coefficient (Wildman–Crippen LogP) is 4.19. The normalized spacial score (nSPS) is 10.6. The lowest BCUT2D eigenvalue weighted by molar-refractivity contribution is 0.630. The van der Waals surface area contributed by atoms with Crippen molar-refractivity contribution in [1.29, 1.82) is 0 Å². The lowest BCUT2D eigenvalue weighted by atomic mass is 10.1. The topological polar surface area (TPSA) is 41.9 Å². The summed E-state index contributed by atoms with van der Waals surface area (Å²) in [5.74, 6) is 1.04. The van der Waals surface area contributed by atoms with Gasteiger partial charge in [0.2, 0.25) is 0 Å². The van der Waals surface area contributed by atoms with Crippen molar-refractivity contribution in [2.45, 2.75) is 13.8 Å². The second kappa shape index (κ2) is 7.17. The number of anilines is 1. The largest absolute Gasteiger partial charge is 0.357 e. The van der Waals surface area contributed by atoms with Crippen molar-refractivity contribution in [3.63, 3.8) is 0 Å². The Kier molecular flexibility index (Phi) is 4.79. The maximum atomic E-state index is 14.2. The summed E-state index contributed by atoms with van der Waals surface area (Å²) in [4.78, 5) is 15.5. The summed E-state index contributed by atoms with van der Waals surface area (Å²) in [5, 5.41) is 0. The maximum absolute atomic E-state index is 14.2. The van der Waals surface area contributed by atoms with Crippen LogP contribution in [0.15, 0.2) is 54.9 Å². The molecular formula is C19H19FN4. The van der Waals surface area contributed by atoms with Crippen molar-refractivity contribution in [3.05, 3.63) is 60.7 Å². The zero-order valence-corrected chi connectivity index (χ0v) is 13.8. The molecule has 0 unspecified atom stereocenters. The Balaban J connectivity index is 2.18. The molecule has 1 aromatic carbocycles. The molecule has 0 saturated heterocycles. The van der Waals surface area contributed by atoms with E-state index in [4.69, 9.17) is 0 Å². The molecule has 0 aliphatic heterocycles. The molecule has 3 rings (SSSR count). The molecule has 4 nitrogen and oxygen atoms in total. The van der Waals surface area contributed by atoms with Crippen LogP contribution in [0.5, 0.6) is 0 Å². The quantitative estimate of drug-likeness (QED) is 0.706. The van der Waals surface area contributed by atoms with Gasteiger partial charge in [0, 0.05) is 42.7 Å². The first-order valence-corrected chi connectivity index (χ1v) is 8.02. The van der Waals surface area contributed by atoms with Crippen LogP contribution in [0.25, 0.3) is 22.6 Å². The third-order valence-electron chi connectivity index (χ3n) is 3.87. The Bertz CT molecular complexity index is 817. The lowest BCUT2D eigenvalue weighted by Crippen LogP contribution is -2.23. The summed E-state index contributed by atoms with van der Waals surface area (Å²) in [6.07, 6.45) is 3.42. The molecule has 0 radical (unpaired) electrons. The first-order chi connectivity index (χ1) is 11.7. The van der Waals surface area contributed by atoms with Crippen molar-refractivity contribution in [2.75, 3.05) is 18.0 Å². The monoisotopic (exact) mass is 322 g/mol. The number of benzene rings is 1. The third kappa shape index (κ3) is 3.25. The number of halogens is 1. The molecule has 0 saturated carbocycles. The van der Waals surface area contributed by atoms with Gasteiger partial charge in [0.25, 0.3) is 0 Å². The summed E-state index contributed by atoms with van der Waals surface area (Å²) in [5.41, 5.74) is 1.85. The number of pyridine rings is 1. The van der Waals surface area contributed by atoms with Gasteiger partial charge in [-0.15, -0.1) is 0 Å². The SMILES string of the molecule is CCN(CC)c1cc(-c2ccccc2F)nc(-c2cccnc2)n1. The Morgan fingerprint density at radius 2 is 1.79 bits per heavy atom. The van der Waals surface area contributed by atoms with Gasteiger partial charge in [0.15, 0.2) is 5.82 Å². The summed E-state index contributed by atoms with van der Waals surface area (Å²) < 4.78 is 14.2. The Labute approximate surface area is 141 Å². The zero-order chi connectivity index (χ0) is 16.9. The molecule has 0 aliphatic rings. The molecule has 0 bridgehead atoms. The van der Waals surface area contributed by atoms with E-state index >= 15 is 0 Å². The zero-order valence-electron chi connectivity index (χ0n) is 13.8. The number of hydrogen-bond acceptors (Lipinski definition) is 4. The standard InChI is InChI=1S/C19H19FN4/c1-3-24(4-2)18-12-17(15-9-5-6-10-16(15)20)22-19(23-18)14-8-7-11-21-13-14/h5-13H,3-4H2,1-2H3. The van der Waals surface area contributed by atoms with Gasteiger partial charge in [-0.1, -0.05) is 12.1 Å². The Hall–Kier alpha value is -2.82. The van der Waals surface area contributed by atoms with Gasteiger partial charge in [0.05, 0.1) is 5.69 Å². The van der Waals surface area contributed by atoms with Gasteiger partial charge in [-0.05, 0) is 38.1 Å². The van der Waals surface area contributed by atoms with Crippen molar-refractivity contribution in [3.8, 4) is 22.6 Å². The number of aromatic nitrogens is 3. The van der Waals surface area contributed by atoms with Crippen molar-refractivity contribution >= 4 is 5.82 Å². The van der Waals surface area contributed by atoms with Crippen LogP contribution in [-0.2, 0) is 0 Å². The minimum atomic E-state index is -0.293. The molecule has 0 fully saturated rings. The van der Waals surface area contributed by atoms with E-state index in [2.05, 4.69) is 33.7 Å². The molecule has 5 heteroatoms. The molecule has 0 N–H and O–H groups in total. The Morgan fingerprint density at radius 1 is 1.00 bits per heavy atom. The van der Waals surface area contributed by atoms with Crippen LogP contribution in [0, 0.1) is 5.82 Å². The highest BCUT2D eigenvalue weighted by Gasteiger charge is 2.14. The van der Waals surface area contributed by atoms with Crippen molar-refractivity contribution in [2.24, 2.45) is 0 Å². The fourth-order valence-corrected chi connectivity index (χ4v) is 2.58. The second-order valence-corrected chi connectivity index (χ2v) is 5.33. The van der Waals surface area contributed by atoms with Gasteiger partial charge in [-0.25, -0.2) is 14.4 Å².